The van der Waals surface area contributed by atoms with Crippen LogP contribution < -0.4 is 5.43 Å². The Morgan fingerprint density at radius 2 is 1.91 bits per heavy atom. The molecular formula is C15H20F3N3O2. The van der Waals surface area contributed by atoms with Gasteiger partial charge in [0.1, 0.15) is 0 Å². The number of hydrogen-bond acceptors (Lipinski definition) is 4. The minimum absolute atomic E-state index is 0.0225. The molecule has 1 N–H and O–H groups in total. The summed E-state index contributed by atoms with van der Waals surface area (Å²) in [5, 5.41) is 3.93. The molecule has 0 bridgehead atoms. The molecule has 0 aliphatic heterocycles. The molecule has 0 aliphatic carbocycles. The smallest absolute Gasteiger partial charge is 0.416 e. The number of likely N-dealkylation sites (N-methyl/N-ethyl adjacent to an activating group) is 1. The maximum Gasteiger partial charge on any atom is 0.416 e. The van der Waals surface area contributed by atoms with Crippen LogP contribution in [-0.4, -0.2) is 36.4 Å². The van der Waals surface area contributed by atoms with E-state index in [1.165, 1.54) is 12.1 Å². The molecule has 0 radical (unpaired) electrons. The number of anilines is 1. The molecule has 0 fully saturated rings. The Morgan fingerprint density at radius 3 is 2.43 bits per heavy atom. The zero-order valence-electron chi connectivity index (χ0n) is 13.3. The Kier molecular flexibility index (Phi) is 6.87. The quantitative estimate of drug-likeness (QED) is 0.389. The molecule has 0 saturated carbocycles. The summed E-state index contributed by atoms with van der Waals surface area (Å²) < 4.78 is 43.0. The van der Waals surface area contributed by atoms with Crippen LogP contribution in [0.3, 0.4) is 0 Å². The van der Waals surface area contributed by atoms with Crippen LogP contribution >= 0.6 is 0 Å². The number of hydrogen-bond donors (Lipinski definition) is 1. The number of benzene rings is 1. The van der Waals surface area contributed by atoms with E-state index >= 15 is 0 Å². The summed E-state index contributed by atoms with van der Waals surface area (Å²) >= 11 is 0. The minimum Gasteiger partial charge on any atom is -0.460 e. The average molecular weight is 331 g/mol. The van der Waals surface area contributed by atoms with Crippen LogP contribution in [0.15, 0.2) is 29.4 Å². The second-order valence-corrected chi connectivity index (χ2v) is 4.52. The predicted molar refractivity (Wildman–Crippen MR) is 82.1 cm³/mol. The van der Waals surface area contributed by atoms with Gasteiger partial charge >= 0.3 is 12.1 Å². The third kappa shape index (κ3) is 5.46. The molecule has 23 heavy (non-hydrogen) atoms. The Bertz CT molecular complexity index is 555. The fourth-order valence-corrected chi connectivity index (χ4v) is 1.85. The van der Waals surface area contributed by atoms with E-state index in [4.69, 9.17) is 4.74 Å². The third-order valence-electron chi connectivity index (χ3n) is 3.00. The third-order valence-corrected chi connectivity index (χ3v) is 3.00. The van der Waals surface area contributed by atoms with Crippen LogP contribution in [-0.2, 0) is 15.7 Å². The first kappa shape index (κ1) is 18.8. The van der Waals surface area contributed by atoms with E-state index in [0.29, 0.717) is 13.1 Å². The number of esters is 1. The van der Waals surface area contributed by atoms with Crippen molar-refractivity contribution in [2.75, 3.05) is 25.1 Å². The molecule has 0 atom stereocenters. The number of amidine groups is 1. The highest BCUT2D eigenvalue weighted by Crippen LogP contribution is 2.30. The van der Waals surface area contributed by atoms with Gasteiger partial charge < -0.3 is 9.64 Å². The topological polar surface area (TPSA) is 53.9 Å². The van der Waals surface area contributed by atoms with Crippen LogP contribution in [0.25, 0.3) is 0 Å². The van der Waals surface area contributed by atoms with E-state index in [-0.39, 0.29) is 18.1 Å². The molecule has 0 spiro atoms. The lowest BCUT2D eigenvalue weighted by atomic mass is 10.2. The van der Waals surface area contributed by atoms with Gasteiger partial charge in [-0.15, -0.1) is 5.10 Å². The van der Waals surface area contributed by atoms with Gasteiger partial charge in [0.25, 0.3) is 0 Å². The maximum atomic E-state index is 12.7. The molecule has 0 unspecified atom stereocenters. The van der Waals surface area contributed by atoms with Crippen molar-refractivity contribution in [1.82, 2.24) is 4.90 Å². The molecule has 0 aliphatic rings. The summed E-state index contributed by atoms with van der Waals surface area (Å²) in [5.41, 5.74) is 1.83. The SMILES string of the molecule is CCOC(=O)C(=NNc1cccc(C(F)(F)F)c1)N(CC)CC. The first-order valence-corrected chi connectivity index (χ1v) is 7.26. The molecule has 5 nitrogen and oxygen atoms in total. The number of ether oxygens (including phenoxy) is 1. The standard InChI is InChI=1S/C15H20F3N3O2/c1-4-21(5-2)13(14(22)23-6-3)20-19-12-9-7-8-11(10-12)15(16,17)18/h7-10,19H,4-6H2,1-3H3. The van der Waals surface area contributed by atoms with Gasteiger partial charge in [-0.2, -0.15) is 13.2 Å². The van der Waals surface area contributed by atoms with E-state index in [0.717, 1.165) is 12.1 Å². The molecule has 1 rings (SSSR count). The van der Waals surface area contributed by atoms with Crippen molar-refractivity contribution in [1.29, 1.82) is 0 Å². The number of hydrazone groups is 1. The zero-order chi connectivity index (χ0) is 17.5. The van der Waals surface area contributed by atoms with Gasteiger partial charge in [-0.3, -0.25) is 5.43 Å². The van der Waals surface area contributed by atoms with Gasteiger partial charge in [-0.1, -0.05) is 6.07 Å². The first-order valence-electron chi connectivity index (χ1n) is 7.26. The number of nitrogens with zero attached hydrogens (tertiary/aromatic N) is 2. The van der Waals surface area contributed by atoms with Crippen molar-refractivity contribution in [2.24, 2.45) is 5.10 Å². The van der Waals surface area contributed by atoms with Crippen molar-refractivity contribution in [3.63, 3.8) is 0 Å². The zero-order valence-corrected chi connectivity index (χ0v) is 13.3. The second kappa shape index (κ2) is 8.40. The van der Waals surface area contributed by atoms with Crippen molar-refractivity contribution < 1.29 is 22.7 Å². The largest absolute Gasteiger partial charge is 0.460 e. The molecular weight excluding hydrogens is 311 g/mol. The lowest BCUT2D eigenvalue weighted by molar-refractivity contribution is -0.137. The monoisotopic (exact) mass is 331 g/mol. The molecule has 0 heterocycles. The summed E-state index contributed by atoms with van der Waals surface area (Å²) in [7, 11) is 0. The number of alkyl halides is 3. The summed E-state index contributed by atoms with van der Waals surface area (Å²) in [4.78, 5) is 13.6. The molecule has 1 aromatic rings. The van der Waals surface area contributed by atoms with Gasteiger partial charge in [0.15, 0.2) is 0 Å². The lowest BCUT2D eigenvalue weighted by Crippen LogP contribution is -2.38. The molecule has 0 saturated heterocycles. The maximum absolute atomic E-state index is 12.7. The van der Waals surface area contributed by atoms with E-state index < -0.39 is 17.7 Å². The lowest BCUT2D eigenvalue weighted by Gasteiger charge is -2.21. The first-order chi connectivity index (χ1) is 10.8. The number of carbonyl (C=O) groups is 1. The van der Waals surface area contributed by atoms with E-state index in [1.807, 2.05) is 13.8 Å². The predicted octanol–water partition coefficient (Wildman–Crippen LogP) is 3.34. The molecule has 1 aromatic carbocycles. The average Bonchev–Trinajstić information content (AvgIpc) is 2.51. The highest BCUT2D eigenvalue weighted by atomic mass is 19.4. The Hall–Kier alpha value is -2.25. The van der Waals surface area contributed by atoms with Crippen LogP contribution in [0.2, 0.25) is 0 Å². The summed E-state index contributed by atoms with van der Waals surface area (Å²) in [5.74, 6) is -0.607. The van der Waals surface area contributed by atoms with Crippen LogP contribution in [0.1, 0.15) is 26.3 Å². The summed E-state index contributed by atoms with van der Waals surface area (Å²) in [6.45, 7) is 6.54. The summed E-state index contributed by atoms with van der Waals surface area (Å²) in [6.07, 6.45) is -4.44. The van der Waals surface area contributed by atoms with Gasteiger partial charge in [0, 0.05) is 13.1 Å². The summed E-state index contributed by atoms with van der Waals surface area (Å²) in [6, 6.07) is 4.59. The molecule has 128 valence electrons. The van der Waals surface area contributed by atoms with Gasteiger partial charge in [0.05, 0.1) is 17.9 Å². The Balaban J connectivity index is 3.02. The van der Waals surface area contributed by atoms with Crippen molar-refractivity contribution in [2.45, 2.75) is 26.9 Å². The fourth-order valence-electron chi connectivity index (χ4n) is 1.85. The van der Waals surface area contributed by atoms with E-state index in [9.17, 15) is 18.0 Å². The minimum atomic E-state index is -4.44. The van der Waals surface area contributed by atoms with Gasteiger partial charge in [-0.25, -0.2) is 4.79 Å². The molecule has 0 amide bonds. The normalized spacial score (nSPS) is 12.0. The van der Waals surface area contributed by atoms with E-state index in [2.05, 4.69) is 10.5 Å². The number of nitrogens with one attached hydrogen (secondary N) is 1. The molecule has 0 aromatic heterocycles. The number of halogens is 3. The highest BCUT2D eigenvalue weighted by Gasteiger charge is 2.30. The van der Waals surface area contributed by atoms with Crippen molar-refractivity contribution in [3.8, 4) is 0 Å². The van der Waals surface area contributed by atoms with E-state index in [1.54, 1.807) is 11.8 Å². The van der Waals surface area contributed by atoms with Crippen LogP contribution in [0, 0.1) is 0 Å². The fraction of sp³-hybridized carbons (Fsp3) is 0.467. The van der Waals surface area contributed by atoms with Crippen molar-refractivity contribution >= 4 is 17.5 Å². The van der Waals surface area contributed by atoms with Crippen LogP contribution in [0.5, 0.6) is 0 Å². The van der Waals surface area contributed by atoms with Gasteiger partial charge in [0.2, 0.25) is 5.84 Å². The second-order valence-electron chi connectivity index (χ2n) is 4.52. The van der Waals surface area contributed by atoms with Crippen molar-refractivity contribution in [3.05, 3.63) is 29.8 Å². The number of rotatable bonds is 5. The molecule has 8 heteroatoms. The van der Waals surface area contributed by atoms with Crippen LogP contribution in [0.4, 0.5) is 18.9 Å². The Labute approximate surface area is 133 Å². The highest BCUT2D eigenvalue weighted by molar-refractivity contribution is 6.35. The van der Waals surface area contributed by atoms with Gasteiger partial charge in [-0.05, 0) is 39.0 Å². The Morgan fingerprint density at radius 1 is 1.26 bits per heavy atom. The number of carbonyl (C=O) groups excluding carboxylic acids is 1.